The van der Waals surface area contributed by atoms with Gasteiger partial charge in [0, 0.05) is 10.4 Å². The highest BCUT2D eigenvalue weighted by molar-refractivity contribution is 6.31. The van der Waals surface area contributed by atoms with Gasteiger partial charge in [-0.3, -0.25) is 4.79 Å². The number of carboxylic acids is 1. The second-order valence-corrected chi connectivity index (χ2v) is 3.49. The van der Waals surface area contributed by atoms with Crippen molar-refractivity contribution < 1.29 is 9.90 Å². The largest absolute Gasteiger partial charge is 0.481 e. The molecule has 0 amide bonds. The number of carbonyl (C=O) groups is 1. The third-order valence-electron chi connectivity index (χ3n) is 2.00. The van der Waals surface area contributed by atoms with Gasteiger partial charge < -0.3 is 5.11 Å². The standard InChI is InChI=1S/C10H7ClN2O2/c11-6-1-2-7-8(3-6)12-5-13-9(7)4-10(14)15/h1-3,5H,4H2,(H,14,15). The van der Waals surface area contributed by atoms with Gasteiger partial charge in [0.25, 0.3) is 0 Å². The van der Waals surface area contributed by atoms with Gasteiger partial charge in [-0.2, -0.15) is 0 Å². The van der Waals surface area contributed by atoms with Crippen molar-refractivity contribution >= 4 is 28.5 Å². The summed E-state index contributed by atoms with van der Waals surface area (Å²) in [6.45, 7) is 0. The minimum atomic E-state index is -0.912. The Morgan fingerprint density at radius 3 is 2.93 bits per heavy atom. The van der Waals surface area contributed by atoms with Gasteiger partial charge >= 0.3 is 5.97 Å². The molecule has 0 saturated carbocycles. The molecule has 15 heavy (non-hydrogen) atoms. The molecule has 0 spiro atoms. The number of hydrogen-bond donors (Lipinski definition) is 1. The molecule has 2 aromatic rings. The maximum atomic E-state index is 10.6. The Kier molecular flexibility index (Phi) is 2.51. The lowest BCUT2D eigenvalue weighted by Gasteiger charge is -2.02. The molecular weight excluding hydrogens is 216 g/mol. The fraction of sp³-hybridized carbons (Fsp3) is 0.100. The number of fused-ring (bicyclic) bond motifs is 1. The van der Waals surface area contributed by atoms with E-state index in [0.29, 0.717) is 16.2 Å². The lowest BCUT2D eigenvalue weighted by atomic mass is 10.1. The highest BCUT2D eigenvalue weighted by atomic mass is 35.5. The number of carboxylic acid groups (broad SMARTS) is 1. The first-order valence-corrected chi connectivity index (χ1v) is 4.65. The minimum Gasteiger partial charge on any atom is -0.481 e. The summed E-state index contributed by atoms with van der Waals surface area (Å²) >= 11 is 5.80. The summed E-state index contributed by atoms with van der Waals surface area (Å²) in [4.78, 5) is 18.6. The molecule has 1 N–H and O–H groups in total. The molecule has 2 rings (SSSR count). The fourth-order valence-electron chi connectivity index (χ4n) is 1.37. The second kappa shape index (κ2) is 3.82. The molecule has 5 heteroatoms. The van der Waals surface area contributed by atoms with E-state index in [4.69, 9.17) is 16.7 Å². The van der Waals surface area contributed by atoms with Crippen LogP contribution in [0.1, 0.15) is 5.69 Å². The predicted molar refractivity (Wildman–Crippen MR) is 55.9 cm³/mol. The number of halogens is 1. The number of nitrogens with zero attached hydrogens (tertiary/aromatic N) is 2. The molecule has 0 fully saturated rings. The van der Waals surface area contributed by atoms with E-state index in [1.807, 2.05) is 0 Å². The number of benzene rings is 1. The summed E-state index contributed by atoms with van der Waals surface area (Å²) in [7, 11) is 0. The van der Waals surface area contributed by atoms with Gasteiger partial charge in [0.15, 0.2) is 0 Å². The van der Waals surface area contributed by atoms with Gasteiger partial charge in [0.1, 0.15) is 6.33 Å². The lowest BCUT2D eigenvalue weighted by Crippen LogP contribution is -2.03. The average molecular weight is 223 g/mol. The van der Waals surface area contributed by atoms with Crippen molar-refractivity contribution in [2.75, 3.05) is 0 Å². The van der Waals surface area contributed by atoms with Crippen LogP contribution in [-0.2, 0) is 11.2 Å². The number of hydrogen-bond acceptors (Lipinski definition) is 3. The fourth-order valence-corrected chi connectivity index (χ4v) is 1.54. The van der Waals surface area contributed by atoms with Crippen LogP contribution in [0.25, 0.3) is 10.9 Å². The van der Waals surface area contributed by atoms with Crippen LogP contribution in [0.4, 0.5) is 0 Å². The zero-order valence-electron chi connectivity index (χ0n) is 7.64. The minimum absolute atomic E-state index is 0.110. The molecule has 0 unspecified atom stereocenters. The summed E-state index contributed by atoms with van der Waals surface area (Å²) in [6, 6.07) is 5.11. The van der Waals surface area contributed by atoms with E-state index in [9.17, 15) is 4.79 Å². The van der Waals surface area contributed by atoms with Crippen molar-refractivity contribution in [3.05, 3.63) is 35.2 Å². The molecule has 0 radical (unpaired) electrons. The zero-order valence-corrected chi connectivity index (χ0v) is 8.40. The quantitative estimate of drug-likeness (QED) is 0.843. The third kappa shape index (κ3) is 2.05. The van der Waals surface area contributed by atoms with Crippen molar-refractivity contribution in [3.63, 3.8) is 0 Å². The Hall–Kier alpha value is -1.68. The smallest absolute Gasteiger partial charge is 0.309 e. The predicted octanol–water partition coefficient (Wildman–Crippen LogP) is 1.91. The molecule has 0 bridgehead atoms. The first kappa shape index (κ1) is 9.86. The van der Waals surface area contributed by atoms with E-state index in [1.54, 1.807) is 18.2 Å². The maximum Gasteiger partial charge on any atom is 0.309 e. The molecule has 0 aliphatic rings. The maximum absolute atomic E-state index is 10.6. The van der Waals surface area contributed by atoms with Crippen LogP contribution in [-0.4, -0.2) is 21.0 Å². The number of aromatic nitrogens is 2. The van der Waals surface area contributed by atoms with Crippen LogP contribution in [0.15, 0.2) is 24.5 Å². The van der Waals surface area contributed by atoms with Crippen LogP contribution in [0.5, 0.6) is 0 Å². The van der Waals surface area contributed by atoms with E-state index < -0.39 is 5.97 Å². The SMILES string of the molecule is O=C(O)Cc1ncnc2cc(Cl)ccc12. The van der Waals surface area contributed by atoms with Gasteiger partial charge in [-0.1, -0.05) is 11.6 Å². The lowest BCUT2D eigenvalue weighted by molar-refractivity contribution is -0.136. The molecule has 4 nitrogen and oxygen atoms in total. The average Bonchev–Trinajstić information content (AvgIpc) is 2.16. The number of aliphatic carboxylic acids is 1. The van der Waals surface area contributed by atoms with Gasteiger partial charge in [-0.05, 0) is 18.2 Å². The highest BCUT2D eigenvalue weighted by Gasteiger charge is 2.07. The van der Waals surface area contributed by atoms with E-state index in [2.05, 4.69) is 9.97 Å². The molecule has 1 aromatic carbocycles. The monoisotopic (exact) mass is 222 g/mol. The van der Waals surface area contributed by atoms with E-state index in [-0.39, 0.29) is 6.42 Å². The highest BCUT2D eigenvalue weighted by Crippen LogP contribution is 2.19. The van der Waals surface area contributed by atoms with Crippen molar-refractivity contribution in [2.45, 2.75) is 6.42 Å². The van der Waals surface area contributed by atoms with E-state index in [0.717, 1.165) is 5.39 Å². The molecule has 1 aromatic heterocycles. The Bertz CT molecular complexity index is 528. The normalized spacial score (nSPS) is 10.5. The van der Waals surface area contributed by atoms with E-state index >= 15 is 0 Å². The summed E-state index contributed by atoms with van der Waals surface area (Å²) in [6.07, 6.45) is 1.23. The topological polar surface area (TPSA) is 63.1 Å². The Labute approximate surface area is 90.5 Å². The molecule has 76 valence electrons. The first-order chi connectivity index (χ1) is 7.16. The van der Waals surface area contributed by atoms with Crippen LogP contribution in [0, 0.1) is 0 Å². The first-order valence-electron chi connectivity index (χ1n) is 4.28. The van der Waals surface area contributed by atoms with E-state index in [1.165, 1.54) is 6.33 Å². The third-order valence-corrected chi connectivity index (χ3v) is 2.23. The Balaban J connectivity index is 2.60. The molecule has 0 aliphatic heterocycles. The van der Waals surface area contributed by atoms with Crippen molar-refractivity contribution in [3.8, 4) is 0 Å². The van der Waals surface area contributed by atoms with Crippen molar-refractivity contribution in [1.82, 2.24) is 9.97 Å². The van der Waals surface area contributed by atoms with Gasteiger partial charge in [-0.25, -0.2) is 9.97 Å². The Morgan fingerprint density at radius 2 is 2.20 bits per heavy atom. The summed E-state index contributed by atoms with van der Waals surface area (Å²) in [5.74, 6) is -0.912. The molecular formula is C10H7ClN2O2. The molecule has 0 aliphatic carbocycles. The van der Waals surface area contributed by atoms with Gasteiger partial charge in [-0.15, -0.1) is 0 Å². The van der Waals surface area contributed by atoms with Crippen LogP contribution < -0.4 is 0 Å². The van der Waals surface area contributed by atoms with Gasteiger partial charge in [0.2, 0.25) is 0 Å². The number of rotatable bonds is 2. The van der Waals surface area contributed by atoms with Crippen molar-refractivity contribution in [2.24, 2.45) is 0 Å². The Morgan fingerprint density at radius 1 is 1.40 bits per heavy atom. The van der Waals surface area contributed by atoms with Crippen LogP contribution in [0.2, 0.25) is 5.02 Å². The molecule has 1 heterocycles. The summed E-state index contributed by atoms with van der Waals surface area (Å²) in [5, 5.41) is 9.99. The summed E-state index contributed by atoms with van der Waals surface area (Å²) < 4.78 is 0. The second-order valence-electron chi connectivity index (χ2n) is 3.05. The molecule has 0 saturated heterocycles. The van der Waals surface area contributed by atoms with Crippen LogP contribution in [0.3, 0.4) is 0 Å². The van der Waals surface area contributed by atoms with Crippen LogP contribution >= 0.6 is 11.6 Å². The van der Waals surface area contributed by atoms with Gasteiger partial charge in [0.05, 0.1) is 17.6 Å². The van der Waals surface area contributed by atoms with Crippen molar-refractivity contribution in [1.29, 1.82) is 0 Å². The molecule has 0 atom stereocenters. The zero-order chi connectivity index (χ0) is 10.8. The summed E-state index contributed by atoms with van der Waals surface area (Å²) in [5.41, 5.74) is 1.16.